The molecule has 2 saturated heterocycles. The second kappa shape index (κ2) is 8.52. The molecular formula is C19H30FN5. The van der Waals surface area contributed by atoms with Crippen LogP contribution in [-0.4, -0.2) is 74.7 Å². The molecule has 2 aliphatic heterocycles. The average Bonchev–Trinajstić information content (AvgIpc) is 3.04. The molecule has 6 heteroatoms. The maximum Gasteiger partial charge on any atom is 0.194 e. The van der Waals surface area contributed by atoms with Crippen LogP contribution in [0.4, 0.5) is 10.1 Å². The van der Waals surface area contributed by atoms with Crippen molar-refractivity contribution < 1.29 is 4.39 Å². The molecule has 0 saturated carbocycles. The highest BCUT2D eigenvalue weighted by molar-refractivity contribution is 5.80. The summed E-state index contributed by atoms with van der Waals surface area (Å²) in [7, 11) is 2.20. The van der Waals surface area contributed by atoms with Crippen LogP contribution in [0.15, 0.2) is 29.3 Å². The van der Waals surface area contributed by atoms with Crippen molar-refractivity contribution in [2.24, 2.45) is 4.99 Å². The third kappa shape index (κ3) is 4.63. The van der Waals surface area contributed by atoms with E-state index in [4.69, 9.17) is 4.99 Å². The number of anilines is 1. The first kappa shape index (κ1) is 18.0. The minimum absolute atomic E-state index is 0.180. The van der Waals surface area contributed by atoms with Crippen LogP contribution in [0.5, 0.6) is 0 Å². The number of aliphatic imine (C=N–C) groups is 1. The smallest absolute Gasteiger partial charge is 0.194 e. The molecule has 0 spiro atoms. The van der Waals surface area contributed by atoms with E-state index in [1.54, 1.807) is 0 Å². The van der Waals surface area contributed by atoms with Crippen molar-refractivity contribution in [1.82, 2.24) is 15.1 Å². The number of nitrogens with zero attached hydrogens (tertiary/aromatic N) is 4. The van der Waals surface area contributed by atoms with Gasteiger partial charge in [0.15, 0.2) is 5.96 Å². The number of likely N-dealkylation sites (N-methyl/N-ethyl adjacent to an activating group) is 1. The Hall–Kier alpha value is -1.82. The van der Waals surface area contributed by atoms with Gasteiger partial charge in [-0.15, -0.1) is 0 Å². The predicted molar refractivity (Wildman–Crippen MR) is 102 cm³/mol. The van der Waals surface area contributed by atoms with Crippen molar-refractivity contribution in [2.45, 2.75) is 25.8 Å². The summed E-state index contributed by atoms with van der Waals surface area (Å²) in [5.74, 6) is 0.849. The standard InChI is InChI=1S/C19H30FN5/c1-3-21-19(22-15-18-5-4-10-23(18)2)25-13-11-24(12-14-25)17-8-6-16(20)7-9-17/h6-9,18H,3-5,10-15H2,1-2H3,(H,21,22). The van der Waals surface area contributed by atoms with Gasteiger partial charge < -0.3 is 20.0 Å². The Balaban J connectivity index is 1.57. The highest BCUT2D eigenvalue weighted by Crippen LogP contribution is 2.18. The number of rotatable bonds is 4. The fourth-order valence-electron chi connectivity index (χ4n) is 3.66. The molecule has 0 radical (unpaired) electrons. The minimum atomic E-state index is -0.180. The fraction of sp³-hybridized carbons (Fsp3) is 0.632. The lowest BCUT2D eigenvalue weighted by Gasteiger charge is -2.38. The van der Waals surface area contributed by atoms with E-state index in [1.807, 2.05) is 12.1 Å². The van der Waals surface area contributed by atoms with Crippen LogP contribution in [0, 0.1) is 5.82 Å². The molecule has 1 aromatic rings. The van der Waals surface area contributed by atoms with E-state index in [9.17, 15) is 4.39 Å². The summed E-state index contributed by atoms with van der Waals surface area (Å²) in [6, 6.07) is 7.37. The Bertz CT molecular complexity index is 566. The average molecular weight is 347 g/mol. The number of hydrogen-bond acceptors (Lipinski definition) is 3. The highest BCUT2D eigenvalue weighted by atomic mass is 19.1. The molecule has 1 atom stereocenters. The molecule has 3 rings (SSSR count). The zero-order chi connectivity index (χ0) is 17.6. The Kier molecular flexibility index (Phi) is 6.13. The quantitative estimate of drug-likeness (QED) is 0.667. The number of benzene rings is 1. The minimum Gasteiger partial charge on any atom is -0.368 e. The van der Waals surface area contributed by atoms with Gasteiger partial charge in [-0.25, -0.2) is 4.39 Å². The summed E-state index contributed by atoms with van der Waals surface area (Å²) in [4.78, 5) is 12.0. The van der Waals surface area contributed by atoms with Crippen LogP contribution in [0.1, 0.15) is 19.8 Å². The fourth-order valence-corrected chi connectivity index (χ4v) is 3.66. The third-order valence-electron chi connectivity index (χ3n) is 5.23. The molecule has 1 aromatic carbocycles. The summed E-state index contributed by atoms with van der Waals surface area (Å²) >= 11 is 0. The largest absolute Gasteiger partial charge is 0.368 e. The lowest BCUT2D eigenvalue weighted by Crippen LogP contribution is -2.52. The summed E-state index contributed by atoms with van der Waals surface area (Å²) in [5.41, 5.74) is 1.09. The first-order valence-electron chi connectivity index (χ1n) is 9.41. The molecule has 1 unspecified atom stereocenters. The summed E-state index contributed by atoms with van der Waals surface area (Å²) in [6.07, 6.45) is 2.53. The van der Waals surface area contributed by atoms with Crippen molar-refractivity contribution >= 4 is 11.6 Å². The van der Waals surface area contributed by atoms with E-state index in [0.717, 1.165) is 50.9 Å². The van der Waals surface area contributed by atoms with E-state index in [2.05, 4.69) is 34.0 Å². The lowest BCUT2D eigenvalue weighted by molar-refractivity contribution is 0.314. The summed E-state index contributed by atoms with van der Waals surface area (Å²) < 4.78 is 13.1. The van der Waals surface area contributed by atoms with Gasteiger partial charge in [0.05, 0.1) is 6.54 Å². The van der Waals surface area contributed by atoms with Gasteiger partial charge in [-0.05, 0) is 57.6 Å². The normalized spacial score (nSPS) is 22.5. The molecular weight excluding hydrogens is 317 g/mol. The van der Waals surface area contributed by atoms with Crippen molar-refractivity contribution in [1.29, 1.82) is 0 Å². The van der Waals surface area contributed by atoms with Gasteiger partial charge in [0, 0.05) is 44.5 Å². The van der Waals surface area contributed by atoms with Gasteiger partial charge in [0.1, 0.15) is 5.82 Å². The van der Waals surface area contributed by atoms with Crippen LogP contribution in [0.25, 0.3) is 0 Å². The molecule has 138 valence electrons. The molecule has 2 aliphatic rings. The molecule has 0 bridgehead atoms. The van der Waals surface area contributed by atoms with Crippen molar-refractivity contribution in [3.8, 4) is 0 Å². The van der Waals surface area contributed by atoms with Crippen LogP contribution in [0.2, 0.25) is 0 Å². The summed E-state index contributed by atoms with van der Waals surface area (Å²) in [6.45, 7) is 8.79. The topological polar surface area (TPSA) is 34.1 Å². The number of halogens is 1. The molecule has 2 fully saturated rings. The van der Waals surface area contributed by atoms with E-state index in [0.29, 0.717) is 6.04 Å². The van der Waals surface area contributed by atoms with Gasteiger partial charge in [0.25, 0.3) is 0 Å². The van der Waals surface area contributed by atoms with Crippen LogP contribution < -0.4 is 10.2 Å². The molecule has 0 aromatic heterocycles. The van der Waals surface area contributed by atoms with Crippen molar-refractivity contribution in [3.05, 3.63) is 30.1 Å². The number of piperazine rings is 1. The van der Waals surface area contributed by atoms with Gasteiger partial charge in [-0.2, -0.15) is 0 Å². The maximum atomic E-state index is 13.1. The first-order valence-corrected chi connectivity index (χ1v) is 9.41. The van der Waals surface area contributed by atoms with E-state index in [-0.39, 0.29) is 5.82 Å². The highest BCUT2D eigenvalue weighted by Gasteiger charge is 2.23. The van der Waals surface area contributed by atoms with Gasteiger partial charge in [0.2, 0.25) is 0 Å². The molecule has 1 N–H and O–H groups in total. The van der Waals surface area contributed by atoms with Gasteiger partial charge >= 0.3 is 0 Å². The van der Waals surface area contributed by atoms with Crippen molar-refractivity contribution in [2.75, 3.05) is 57.8 Å². The lowest BCUT2D eigenvalue weighted by atomic mass is 10.2. The van der Waals surface area contributed by atoms with Crippen LogP contribution in [-0.2, 0) is 0 Å². The first-order chi connectivity index (χ1) is 12.2. The Morgan fingerprint density at radius 3 is 2.48 bits per heavy atom. The maximum absolute atomic E-state index is 13.1. The Morgan fingerprint density at radius 2 is 1.88 bits per heavy atom. The number of likely N-dealkylation sites (tertiary alicyclic amines) is 1. The second-order valence-corrected chi connectivity index (χ2v) is 6.92. The molecule has 2 heterocycles. The zero-order valence-corrected chi connectivity index (χ0v) is 15.4. The molecule has 5 nitrogen and oxygen atoms in total. The monoisotopic (exact) mass is 347 g/mol. The predicted octanol–water partition coefficient (Wildman–Crippen LogP) is 2.01. The molecule has 25 heavy (non-hydrogen) atoms. The van der Waals surface area contributed by atoms with Gasteiger partial charge in [-0.1, -0.05) is 0 Å². The van der Waals surface area contributed by atoms with Crippen LogP contribution >= 0.6 is 0 Å². The number of nitrogens with one attached hydrogen (secondary N) is 1. The Morgan fingerprint density at radius 1 is 1.16 bits per heavy atom. The third-order valence-corrected chi connectivity index (χ3v) is 5.23. The molecule has 0 amide bonds. The zero-order valence-electron chi connectivity index (χ0n) is 15.4. The molecule has 0 aliphatic carbocycles. The van der Waals surface area contributed by atoms with E-state index >= 15 is 0 Å². The van der Waals surface area contributed by atoms with Gasteiger partial charge in [-0.3, -0.25) is 4.99 Å². The van der Waals surface area contributed by atoms with E-state index in [1.165, 1.54) is 31.5 Å². The Labute approximate surface area is 150 Å². The number of guanidine groups is 1. The second-order valence-electron chi connectivity index (χ2n) is 6.92. The number of hydrogen-bond donors (Lipinski definition) is 1. The van der Waals surface area contributed by atoms with Crippen molar-refractivity contribution in [3.63, 3.8) is 0 Å². The van der Waals surface area contributed by atoms with E-state index < -0.39 is 0 Å². The summed E-state index contributed by atoms with van der Waals surface area (Å²) in [5, 5.41) is 3.44. The van der Waals surface area contributed by atoms with Crippen LogP contribution in [0.3, 0.4) is 0 Å². The SMILES string of the molecule is CCNC(=NCC1CCCN1C)N1CCN(c2ccc(F)cc2)CC1.